The van der Waals surface area contributed by atoms with E-state index in [9.17, 15) is 18.1 Å². The van der Waals surface area contributed by atoms with E-state index in [1.165, 1.54) is 83.0 Å². The van der Waals surface area contributed by atoms with Crippen LogP contribution in [0, 0.1) is 6.92 Å². The van der Waals surface area contributed by atoms with E-state index >= 15 is 0 Å². The van der Waals surface area contributed by atoms with E-state index < -0.39 is 10.1 Å². The zero-order valence-corrected chi connectivity index (χ0v) is 19.8. The summed E-state index contributed by atoms with van der Waals surface area (Å²) in [6.45, 7) is 10.1. The van der Waals surface area contributed by atoms with Crippen molar-refractivity contribution in [1.82, 2.24) is 0 Å². The third kappa shape index (κ3) is 14.6. The summed E-state index contributed by atoms with van der Waals surface area (Å²) in [4.78, 5) is -0.178. The Bertz CT molecular complexity index is 616. The van der Waals surface area contributed by atoms with E-state index in [4.69, 9.17) is 0 Å². The number of aliphatic hydroxyl groups excluding tert-OH is 1. The first-order valence-electron chi connectivity index (χ1n) is 11.2. The summed E-state index contributed by atoms with van der Waals surface area (Å²) in [6.07, 6.45) is 12.1. The number of aryl methyl sites for hydroxylation is 1. The van der Waals surface area contributed by atoms with E-state index in [-0.39, 0.29) is 4.90 Å². The molecular formula is C23H43NO4S. The Balaban J connectivity index is 0.000000604. The average Bonchev–Trinajstić information content (AvgIpc) is 2.65. The Kier molecular flexibility index (Phi) is 15.3. The normalized spacial score (nSPS) is 13.4. The number of nitrogens with zero attached hydrogens (tertiary/aromatic N) is 1. The van der Waals surface area contributed by atoms with E-state index in [0.717, 1.165) is 16.6 Å². The van der Waals surface area contributed by atoms with E-state index in [2.05, 4.69) is 20.9 Å². The molecule has 0 spiro atoms. The highest BCUT2D eigenvalue weighted by Crippen LogP contribution is 2.12. The monoisotopic (exact) mass is 429 g/mol. The van der Waals surface area contributed by atoms with Crippen LogP contribution in [-0.4, -0.2) is 55.8 Å². The number of rotatable bonds is 14. The fourth-order valence-electron chi connectivity index (χ4n) is 3.30. The Hall–Kier alpha value is -0.950. The number of aliphatic hydroxyl groups is 1. The predicted octanol–water partition coefficient (Wildman–Crippen LogP) is 4.88. The second-order valence-corrected chi connectivity index (χ2v) is 9.64. The van der Waals surface area contributed by atoms with Gasteiger partial charge in [0, 0.05) is 0 Å². The Morgan fingerprint density at radius 2 is 1.28 bits per heavy atom. The molecule has 0 saturated carbocycles. The largest absolute Gasteiger partial charge is 0.744 e. The molecular weight excluding hydrogens is 386 g/mol. The van der Waals surface area contributed by atoms with Crippen LogP contribution >= 0.6 is 0 Å². The quantitative estimate of drug-likeness (QED) is 0.260. The van der Waals surface area contributed by atoms with Gasteiger partial charge in [-0.25, -0.2) is 8.42 Å². The van der Waals surface area contributed by atoms with Crippen LogP contribution in [0.3, 0.4) is 0 Å². The molecule has 1 N–H and O–H groups in total. The Morgan fingerprint density at radius 3 is 1.76 bits per heavy atom. The highest BCUT2D eigenvalue weighted by Gasteiger charge is 2.19. The number of quaternary nitrogens is 1. The van der Waals surface area contributed by atoms with Crippen molar-refractivity contribution in [3.05, 3.63) is 29.8 Å². The molecule has 170 valence electrons. The smallest absolute Gasteiger partial charge is 0.124 e. The summed E-state index contributed by atoms with van der Waals surface area (Å²) in [7, 11) is -1.95. The first-order valence-corrected chi connectivity index (χ1v) is 12.6. The number of hydrogen-bond acceptors (Lipinski definition) is 4. The van der Waals surface area contributed by atoms with Gasteiger partial charge in [-0.2, -0.15) is 0 Å². The van der Waals surface area contributed by atoms with Gasteiger partial charge in [0.1, 0.15) is 16.7 Å². The van der Waals surface area contributed by atoms with Crippen molar-refractivity contribution in [3.8, 4) is 0 Å². The summed E-state index contributed by atoms with van der Waals surface area (Å²) in [6, 6.07) is 5.78. The molecule has 6 heteroatoms. The first-order chi connectivity index (χ1) is 13.7. The molecule has 0 bridgehead atoms. The van der Waals surface area contributed by atoms with Crippen molar-refractivity contribution in [1.29, 1.82) is 0 Å². The Morgan fingerprint density at radius 1 is 0.828 bits per heavy atom. The maximum atomic E-state index is 10.4. The Labute approximate surface area is 179 Å². The van der Waals surface area contributed by atoms with Crippen molar-refractivity contribution >= 4 is 10.1 Å². The van der Waals surface area contributed by atoms with Crippen LogP contribution < -0.4 is 0 Å². The van der Waals surface area contributed by atoms with Crippen LogP contribution in [-0.2, 0) is 10.1 Å². The molecule has 1 atom stereocenters. The second kappa shape index (κ2) is 15.8. The van der Waals surface area contributed by atoms with Crippen LogP contribution in [0.15, 0.2) is 29.2 Å². The molecule has 1 aromatic carbocycles. The summed E-state index contributed by atoms with van der Waals surface area (Å²) >= 11 is 0. The van der Waals surface area contributed by atoms with Crippen LogP contribution in [0.4, 0.5) is 0 Å². The maximum absolute atomic E-state index is 10.4. The lowest BCUT2D eigenvalue weighted by Crippen LogP contribution is -2.47. The van der Waals surface area contributed by atoms with Crippen LogP contribution in [0.2, 0.25) is 0 Å². The standard InChI is InChI=1S/C16H36NO.C7H8O3S/c1-4-6-8-9-10-12-14-17(3,15-16-18)13-11-7-5-2;1-6-2-4-7(5-3-6)11(8,9)10/h18H,4-16H2,1-3H3;2-5H,1H3,(H,8,9,10)/q+1;/p-1. The van der Waals surface area contributed by atoms with Gasteiger partial charge in [0.05, 0.1) is 31.6 Å². The summed E-state index contributed by atoms with van der Waals surface area (Å²) < 4.78 is 32.2. The van der Waals surface area contributed by atoms with Crippen molar-refractivity contribution in [2.75, 3.05) is 33.3 Å². The van der Waals surface area contributed by atoms with Gasteiger partial charge in [-0.3, -0.25) is 0 Å². The molecule has 0 heterocycles. The molecule has 0 saturated heterocycles. The lowest BCUT2D eigenvalue weighted by Gasteiger charge is -2.34. The highest BCUT2D eigenvalue weighted by molar-refractivity contribution is 7.85. The zero-order valence-electron chi connectivity index (χ0n) is 19.0. The van der Waals surface area contributed by atoms with Crippen LogP contribution in [0.5, 0.6) is 0 Å². The first kappa shape index (κ1) is 28.1. The van der Waals surface area contributed by atoms with Crippen molar-refractivity contribution in [3.63, 3.8) is 0 Å². The number of hydrogen-bond donors (Lipinski definition) is 1. The van der Waals surface area contributed by atoms with Crippen molar-refractivity contribution in [2.24, 2.45) is 0 Å². The number of likely N-dealkylation sites (N-methyl/N-ethyl adjacent to an activating group) is 1. The van der Waals surface area contributed by atoms with E-state index in [1.54, 1.807) is 12.1 Å². The molecule has 1 rings (SSSR count). The van der Waals surface area contributed by atoms with Gasteiger partial charge in [-0.1, -0.05) is 63.6 Å². The second-order valence-electron chi connectivity index (χ2n) is 8.26. The molecule has 0 radical (unpaired) electrons. The van der Waals surface area contributed by atoms with Crippen molar-refractivity contribution < 1.29 is 22.6 Å². The molecule has 0 aliphatic heterocycles. The topological polar surface area (TPSA) is 77.4 Å². The van der Waals surface area contributed by atoms with E-state index in [1.807, 2.05) is 6.92 Å². The average molecular weight is 430 g/mol. The zero-order chi connectivity index (χ0) is 22.2. The van der Waals surface area contributed by atoms with Crippen LogP contribution in [0.1, 0.15) is 77.2 Å². The van der Waals surface area contributed by atoms with Gasteiger partial charge in [0.25, 0.3) is 0 Å². The maximum Gasteiger partial charge on any atom is 0.124 e. The molecule has 29 heavy (non-hydrogen) atoms. The third-order valence-corrected chi connectivity index (χ3v) is 6.15. The summed E-state index contributed by atoms with van der Waals surface area (Å²) in [5.41, 5.74) is 0.928. The molecule has 0 aliphatic carbocycles. The minimum Gasteiger partial charge on any atom is -0.744 e. The fraction of sp³-hybridized carbons (Fsp3) is 0.739. The summed E-state index contributed by atoms with van der Waals surface area (Å²) in [5, 5.41) is 9.22. The van der Waals surface area contributed by atoms with Gasteiger partial charge in [-0.15, -0.1) is 0 Å². The highest BCUT2D eigenvalue weighted by atomic mass is 32.2. The molecule has 0 aliphatic rings. The van der Waals surface area contributed by atoms with Gasteiger partial charge in [0.2, 0.25) is 0 Å². The van der Waals surface area contributed by atoms with Gasteiger partial charge in [0.15, 0.2) is 0 Å². The van der Waals surface area contributed by atoms with Crippen LogP contribution in [0.25, 0.3) is 0 Å². The third-order valence-electron chi connectivity index (χ3n) is 5.30. The molecule has 5 nitrogen and oxygen atoms in total. The fourth-order valence-corrected chi connectivity index (χ4v) is 3.77. The molecule has 1 aromatic rings. The lowest BCUT2D eigenvalue weighted by atomic mass is 10.1. The number of benzene rings is 1. The SMILES string of the molecule is CCCCCCCC[N+](C)(CCO)CCCCC.Cc1ccc(S(=O)(=O)[O-])cc1. The number of unbranched alkanes of at least 4 members (excludes halogenated alkanes) is 7. The molecule has 0 aromatic heterocycles. The van der Waals surface area contributed by atoms with Gasteiger partial charge < -0.3 is 14.1 Å². The summed E-state index contributed by atoms with van der Waals surface area (Å²) in [5.74, 6) is 0. The van der Waals surface area contributed by atoms with E-state index in [0.29, 0.717) is 6.61 Å². The van der Waals surface area contributed by atoms with Crippen molar-refractivity contribution in [2.45, 2.75) is 83.5 Å². The molecule has 1 unspecified atom stereocenters. The minimum atomic E-state index is -4.27. The molecule has 0 fully saturated rings. The van der Waals surface area contributed by atoms with Gasteiger partial charge >= 0.3 is 0 Å². The predicted molar refractivity (Wildman–Crippen MR) is 120 cm³/mol. The van der Waals surface area contributed by atoms with Gasteiger partial charge in [-0.05, 0) is 44.7 Å². The minimum absolute atomic E-state index is 0.178. The molecule has 0 amide bonds. The lowest BCUT2D eigenvalue weighted by molar-refractivity contribution is -0.910.